The van der Waals surface area contributed by atoms with Crippen LogP contribution >= 0.6 is 0 Å². The van der Waals surface area contributed by atoms with Crippen LogP contribution in [0.4, 0.5) is 5.69 Å². The van der Waals surface area contributed by atoms with Crippen molar-refractivity contribution in [3.63, 3.8) is 0 Å². The molecule has 3 heterocycles. The van der Waals surface area contributed by atoms with Gasteiger partial charge in [0.05, 0.1) is 16.8 Å². The Morgan fingerprint density at radius 1 is 1.29 bits per heavy atom. The first-order chi connectivity index (χ1) is 11.5. The minimum Gasteiger partial charge on any atom is -0.339 e. The van der Waals surface area contributed by atoms with Gasteiger partial charge in [-0.05, 0) is 31.2 Å². The molecule has 2 saturated heterocycles. The van der Waals surface area contributed by atoms with E-state index in [1.165, 1.54) is 0 Å². The third-order valence-electron chi connectivity index (χ3n) is 4.66. The fourth-order valence-electron chi connectivity index (χ4n) is 3.47. The zero-order valence-electron chi connectivity index (χ0n) is 13.3. The lowest BCUT2D eigenvalue weighted by Crippen LogP contribution is -2.55. The second-order valence-corrected chi connectivity index (χ2v) is 7.95. The molecular weight excluding hydrogens is 326 g/mol. The monoisotopic (exact) mass is 345 g/mol. The average Bonchev–Trinajstić information content (AvgIpc) is 3.13. The van der Waals surface area contributed by atoms with Gasteiger partial charge in [-0.1, -0.05) is 17.7 Å². The molecule has 2 aliphatic heterocycles. The van der Waals surface area contributed by atoms with Crippen LogP contribution in [0.3, 0.4) is 0 Å². The summed E-state index contributed by atoms with van der Waals surface area (Å²) < 4.78 is 31.3. The minimum absolute atomic E-state index is 0.184. The highest BCUT2D eigenvalue weighted by molar-refractivity contribution is 7.86. The summed E-state index contributed by atoms with van der Waals surface area (Å²) in [6.45, 7) is 3.09. The molecule has 2 fully saturated rings. The number of benzene rings is 1. The molecule has 0 unspecified atom stereocenters. The Labute approximate surface area is 141 Å². The van der Waals surface area contributed by atoms with Crippen LogP contribution in [0.25, 0.3) is 0 Å². The van der Waals surface area contributed by atoms with Crippen molar-refractivity contribution < 1.29 is 12.6 Å². The number of nitrogens with zero attached hydrogens (tertiary/aromatic N) is 2. The molecule has 2 atom stereocenters. The SMILES string of the molecule is Cc1ccc(S(=O)(=O)O[C@@]23CN[C@H](CN2c2cccnc2)C3)cc1. The van der Waals surface area contributed by atoms with Gasteiger partial charge >= 0.3 is 0 Å². The van der Waals surface area contributed by atoms with Crippen molar-refractivity contribution in [3.8, 4) is 0 Å². The molecule has 2 bridgehead atoms. The van der Waals surface area contributed by atoms with Crippen LogP contribution in [-0.4, -0.2) is 38.3 Å². The van der Waals surface area contributed by atoms with Crippen molar-refractivity contribution >= 4 is 15.8 Å². The third-order valence-corrected chi connectivity index (χ3v) is 6.04. The first kappa shape index (κ1) is 15.6. The maximum absolute atomic E-state index is 12.8. The molecule has 6 nitrogen and oxygen atoms in total. The van der Waals surface area contributed by atoms with E-state index >= 15 is 0 Å². The van der Waals surface area contributed by atoms with E-state index < -0.39 is 15.8 Å². The van der Waals surface area contributed by atoms with E-state index in [-0.39, 0.29) is 10.9 Å². The summed E-state index contributed by atoms with van der Waals surface area (Å²) in [4.78, 5) is 6.33. The molecule has 2 aliphatic rings. The number of hydrogen-bond acceptors (Lipinski definition) is 6. The van der Waals surface area contributed by atoms with Gasteiger partial charge in [-0.3, -0.25) is 4.98 Å². The minimum atomic E-state index is -3.85. The zero-order chi connectivity index (χ0) is 16.8. The predicted molar refractivity (Wildman–Crippen MR) is 90.2 cm³/mol. The van der Waals surface area contributed by atoms with E-state index in [0.29, 0.717) is 19.5 Å². The summed E-state index contributed by atoms with van der Waals surface area (Å²) in [5.74, 6) is 0. The first-order valence-electron chi connectivity index (χ1n) is 7.92. The van der Waals surface area contributed by atoms with Gasteiger partial charge < -0.3 is 10.2 Å². The first-order valence-corrected chi connectivity index (χ1v) is 9.33. The standard InChI is InChI=1S/C17H19N3O3S/c1-13-4-6-16(7-5-13)24(21,22)23-17-9-14(19-12-17)11-20(17)15-3-2-8-18-10-15/h2-8,10,14,19H,9,11-12H2,1H3/t14-,17-/m0/s1. The average molecular weight is 345 g/mol. The Bertz CT molecular complexity index is 839. The van der Waals surface area contributed by atoms with Gasteiger partial charge in [0.15, 0.2) is 5.72 Å². The molecule has 126 valence electrons. The summed E-state index contributed by atoms with van der Waals surface area (Å²) in [6.07, 6.45) is 4.07. The van der Waals surface area contributed by atoms with Crippen molar-refractivity contribution in [3.05, 3.63) is 54.4 Å². The molecule has 24 heavy (non-hydrogen) atoms. The molecule has 0 saturated carbocycles. The van der Waals surface area contributed by atoms with E-state index in [2.05, 4.69) is 10.3 Å². The molecule has 1 N–H and O–H groups in total. The molecule has 0 aliphatic carbocycles. The number of aryl methyl sites for hydroxylation is 1. The lowest BCUT2D eigenvalue weighted by molar-refractivity contribution is 0.105. The van der Waals surface area contributed by atoms with Crippen LogP contribution in [0.15, 0.2) is 53.7 Å². The number of hydrogen-bond donors (Lipinski definition) is 1. The third kappa shape index (κ3) is 2.58. The van der Waals surface area contributed by atoms with Crippen molar-refractivity contribution in [2.75, 3.05) is 18.0 Å². The summed E-state index contributed by atoms with van der Waals surface area (Å²) in [7, 11) is -3.85. The van der Waals surface area contributed by atoms with Crippen LogP contribution in [0.5, 0.6) is 0 Å². The van der Waals surface area contributed by atoms with Gasteiger partial charge in [0.25, 0.3) is 10.1 Å². The summed E-state index contributed by atoms with van der Waals surface area (Å²) in [6, 6.07) is 10.7. The topological polar surface area (TPSA) is 71.5 Å². The Kier molecular flexibility index (Phi) is 3.59. The second-order valence-electron chi connectivity index (χ2n) is 6.40. The zero-order valence-corrected chi connectivity index (χ0v) is 14.2. The molecule has 0 amide bonds. The Balaban J connectivity index is 1.67. The molecule has 7 heteroatoms. The Morgan fingerprint density at radius 3 is 2.75 bits per heavy atom. The number of piperazine rings is 1. The van der Waals surface area contributed by atoms with Gasteiger partial charge in [-0.15, -0.1) is 0 Å². The maximum Gasteiger partial charge on any atom is 0.299 e. The van der Waals surface area contributed by atoms with Crippen molar-refractivity contribution in [2.24, 2.45) is 0 Å². The van der Waals surface area contributed by atoms with Gasteiger partial charge in [0.2, 0.25) is 0 Å². The smallest absolute Gasteiger partial charge is 0.299 e. The Morgan fingerprint density at radius 2 is 2.08 bits per heavy atom. The van der Waals surface area contributed by atoms with E-state index in [4.69, 9.17) is 4.18 Å². The van der Waals surface area contributed by atoms with E-state index in [1.54, 1.807) is 36.7 Å². The number of aromatic nitrogens is 1. The molecule has 2 aromatic rings. The molecule has 1 aromatic carbocycles. The lowest BCUT2D eigenvalue weighted by atomic mass is 10.2. The van der Waals surface area contributed by atoms with Gasteiger partial charge in [0.1, 0.15) is 0 Å². The maximum atomic E-state index is 12.8. The van der Waals surface area contributed by atoms with Gasteiger partial charge in [0, 0.05) is 31.7 Å². The highest BCUT2D eigenvalue weighted by Gasteiger charge is 2.54. The number of anilines is 1. The van der Waals surface area contributed by atoms with Crippen LogP contribution < -0.4 is 10.2 Å². The summed E-state index contributed by atoms with van der Waals surface area (Å²) in [5, 5.41) is 3.33. The highest BCUT2D eigenvalue weighted by atomic mass is 32.2. The van der Waals surface area contributed by atoms with Crippen molar-refractivity contribution in [1.82, 2.24) is 10.3 Å². The van der Waals surface area contributed by atoms with Crippen LogP contribution in [0.2, 0.25) is 0 Å². The van der Waals surface area contributed by atoms with E-state index in [1.807, 2.05) is 24.0 Å². The Hall–Kier alpha value is -1.96. The fourth-order valence-corrected chi connectivity index (χ4v) is 4.67. The van der Waals surface area contributed by atoms with Crippen LogP contribution in [0.1, 0.15) is 12.0 Å². The second kappa shape index (κ2) is 5.54. The number of pyridine rings is 1. The molecule has 4 rings (SSSR count). The van der Waals surface area contributed by atoms with Crippen molar-refractivity contribution in [2.45, 2.75) is 30.0 Å². The van der Waals surface area contributed by atoms with Crippen molar-refractivity contribution in [1.29, 1.82) is 0 Å². The van der Waals surface area contributed by atoms with Crippen LogP contribution in [-0.2, 0) is 14.3 Å². The highest BCUT2D eigenvalue weighted by Crippen LogP contribution is 2.40. The number of fused-ring (bicyclic) bond motifs is 2. The van der Waals surface area contributed by atoms with Gasteiger partial charge in [-0.2, -0.15) is 8.42 Å². The van der Waals surface area contributed by atoms with E-state index in [0.717, 1.165) is 11.3 Å². The fraction of sp³-hybridized carbons (Fsp3) is 0.353. The molecule has 0 radical (unpaired) electrons. The van der Waals surface area contributed by atoms with Crippen LogP contribution in [0, 0.1) is 6.92 Å². The van der Waals surface area contributed by atoms with Gasteiger partial charge in [-0.25, -0.2) is 4.18 Å². The normalized spacial score (nSPS) is 26.0. The molecule has 0 spiro atoms. The summed E-state index contributed by atoms with van der Waals surface area (Å²) >= 11 is 0. The molecule has 1 aromatic heterocycles. The molecular formula is C17H19N3O3S. The summed E-state index contributed by atoms with van der Waals surface area (Å²) in [5.41, 5.74) is 0.991. The quantitative estimate of drug-likeness (QED) is 0.850. The van der Waals surface area contributed by atoms with E-state index in [9.17, 15) is 8.42 Å². The lowest BCUT2D eigenvalue weighted by Gasteiger charge is -2.39. The number of nitrogens with one attached hydrogen (secondary N) is 1. The largest absolute Gasteiger partial charge is 0.339 e. The predicted octanol–water partition coefficient (Wildman–Crippen LogP) is 1.67. The number of rotatable bonds is 4.